The molecule has 3 heteroatoms. The number of benzene rings is 1. The van der Waals surface area contributed by atoms with Crippen LogP contribution in [-0.2, 0) is 0 Å². The Hall–Kier alpha value is -1.38. The Morgan fingerprint density at radius 1 is 1.40 bits per heavy atom. The Kier molecular flexibility index (Phi) is 2.47. The largest absolute Gasteiger partial charge is 0.483 e. The number of nitrogen functional groups attached to an aromatic ring is 1. The van der Waals surface area contributed by atoms with Gasteiger partial charge in [-0.15, -0.1) is 0 Å². The molecule has 0 fully saturated rings. The lowest BCUT2D eigenvalue weighted by Gasteiger charge is -2.38. The Bertz CT molecular complexity index is 359. The zero-order valence-corrected chi connectivity index (χ0v) is 9.34. The van der Waals surface area contributed by atoms with E-state index in [1.807, 2.05) is 18.2 Å². The Morgan fingerprint density at radius 2 is 2.13 bits per heavy atom. The van der Waals surface area contributed by atoms with Crippen LogP contribution in [0.2, 0.25) is 0 Å². The summed E-state index contributed by atoms with van der Waals surface area (Å²) in [6, 6.07) is 5.75. The molecule has 0 amide bonds. The normalized spacial score (nSPS) is 17.5. The summed E-state index contributed by atoms with van der Waals surface area (Å²) in [6.07, 6.45) is 2.01. The van der Waals surface area contributed by atoms with Crippen molar-refractivity contribution in [3.8, 4) is 5.75 Å². The maximum Gasteiger partial charge on any atom is 0.145 e. The monoisotopic (exact) mass is 206 g/mol. The van der Waals surface area contributed by atoms with Gasteiger partial charge in [-0.3, -0.25) is 0 Å². The van der Waals surface area contributed by atoms with Crippen molar-refractivity contribution in [2.75, 3.05) is 17.6 Å². The Labute approximate surface area is 90.6 Å². The van der Waals surface area contributed by atoms with E-state index in [-0.39, 0.29) is 5.60 Å². The molecule has 2 rings (SSSR count). The molecule has 0 radical (unpaired) electrons. The lowest BCUT2D eigenvalue weighted by Crippen LogP contribution is -2.44. The molecule has 0 atom stereocenters. The third-order valence-corrected chi connectivity index (χ3v) is 3.22. The highest BCUT2D eigenvalue weighted by Crippen LogP contribution is 2.36. The number of nitrogens with one attached hydrogen (secondary N) is 1. The molecule has 1 aliphatic heterocycles. The quantitative estimate of drug-likeness (QED) is 0.731. The van der Waals surface area contributed by atoms with Gasteiger partial charge in [0.1, 0.15) is 11.4 Å². The molecule has 0 saturated carbocycles. The highest BCUT2D eigenvalue weighted by atomic mass is 16.5. The van der Waals surface area contributed by atoms with Crippen LogP contribution in [0, 0.1) is 0 Å². The van der Waals surface area contributed by atoms with E-state index in [0.29, 0.717) is 0 Å². The standard InChI is InChI=1S/C12H18N2O/c1-3-12(4-2)8-14-10-6-5-9(13)7-11(10)15-12/h5-7,14H,3-4,8,13H2,1-2H3. The lowest BCUT2D eigenvalue weighted by atomic mass is 9.95. The summed E-state index contributed by atoms with van der Waals surface area (Å²) in [5.74, 6) is 0.880. The number of nitrogens with two attached hydrogens (primary N) is 1. The molecule has 3 nitrogen and oxygen atoms in total. The molecule has 0 spiro atoms. The molecule has 1 aromatic carbocycles. The Balaban J connectivity index is 2.32. The third kappa shape index (κ3) is 1.74. The second kappa shape index (κ2) is 3.65. The van der Waals surface area contributed by atoms with Crippen LogP contribution < -0.4 is 15.8 Å². The first-order valence-electron chi connectivity index (χ1n) is 5.51. The van der Waals surface area contributed by atoms with E-state index in [9.17, 15) is 0 Å². The van der Waals surface area contributed by atoms with Crippen molar-refractivity contribution in [2.45, 2.75) is 32.3 Å². The molecule has 0 saturated heterocycles. The molecular formula is C12H18N2O. The first kappa shape index (κ1) is 10.1. The fraction of sp³-hybridized carbons (Fsp3) is 0.500. The van der Waals surface area contributed by atoms with Crippen molar-refractivity contribution in [1.82, 2.24) is 0 Å². The summed E-state index contributed by atoms with van der Waals surface area (Å²) >= 11 is 0. The van der Waals surface area contributed by atoms with E-state index in [1.54, 1.807) is 0 Å². The van der Waals surface area contributed by atoms with Gasteiger partial charge in [-0.25, -0.2) is 0 Å². The average Bonchev–Trinajstić information content (AvgIpc) is 2.28. The van der Waals surface area contributed by atoms with Crippen molar-refractivity contribution >= 4 is 11.4 Å². The number of ether oxygens (including phenoxy) is 1. The fourth-order valence-electron chi connectivity index (χ4n) is 1.94. The number of hydrogen-bond donors (Lipinski definition) is 2. The molecule has 0 aromatic heterocycles. The van der Waals surface area contributed by atoms with Crippen molar-refractivity contribution in [3.05, 3.63) is 18.2 Å². The average molecular weight is 206 g/mol. The van der Waals surface area contributed by atoms with E-state index in [0.717, 1.165) is 36.5 Å². The summed E-state index contributed by atoms with van der Waals surface area (Å²) in [4.78, 5) is 0. The molecular weight excluding hydrogens is 188 g/mol. The van der Waals surface area contributed by atoms with Gasteiger partial charge >= 0.3 is 0 Å². The van der Waals surface area contributed by atoms with E-state index in [2.05, 4.69) is 19.2 Å². The molecule has 0 unspecified atom stereocenters. The minimum Gasteiger partial charge on any atom is -0.483 e. The summed E-state index contributed by atoms with van der Waals surface area (Å²) in [5, 5.41) is 3.40. The lowest BCUT2D eigenvalue weighted by molar-refractivity contribution is 0.0671. The zero-order valence-electron chi connectivity index (χ0n) is 9.34. The summed E-state index contributed by atoms with van der Waals surface area (Å²) in [6.45, 7) is 5.18. The number of anilines is 2. The minimum atomic E-state index is -0.0687. The number of rotatable bonds is 2. The third-order valence-electron chi connectivity index (χ3n) is 3.22. The maximum atomic E-state index is 6.06. The van der Waals surface area contributed by atoms with Gasteiger partial charge < -0.3 is 15.8 Å². The van der Waals surface area contributed by atoms with Crippen LogP contribution in [0.1, 0.15) is 26.7 Å². The smallest absolute Gasteiger partial charge is 0.145 e. The van der Waals surface area contributed by atoms with E-state index < -0.39 is 0 Å². The molecule has 0 aliphatic carbocycles. The highest BCUT2D eigenvalue weighted by molar-refractivity contribution is 5.64. The van der Waals surface area contributed by atoms with Gasteiger partial charge in [-0.05, 0) is 25.0 Å². The summed E-state index contributed by atoms with van der Waals surface area (Å²) < 4.78 is 6.06. The van der Waals surface area contributed by atoms with Crippen LogP contribution in [0.4, 0.5) is 11.4 Å². The SMILES string of the molecule is CCC1(CC)CNc2ccc(N)cc2O1. The highest BCUT2D eigenvalue weighted by Gasteiger charge is 2.32. The van der Waals surface area contributed by atoms with Crippen LogP contribution in [-0.4, -0.2) is 12.1 Å². The first-order valence-corrected chi connectivity index (χ1v) is 5.51. The van der Waals surface area contributed by atoms with E-state index in [1.165, 1.54) is 0 Å². The molecule has 3 N–H and O–H groups in total. The maximum absolute atomic E-state index is 6.06. The predicted molar refractivity (Wildman–Crippen MR) is 63.3 cm³/mol. The van der Waals surface area contributed by atoms with Crippen molar-refractivity contribution in [3.63, 3.8) is 0 Å². The van der Waals surface area contributed by atoms with E-state index in [4.69, 9.17) is 10.5 Å². The van der Waals surface area contributed by atoms with Gasteiger partial charge in [0.05, 0.1) is 12.2 Å². The molecule has 15 heavy (non-hydrogen) atoms. The van der Waals surface area contributed by atoms with Crippen LogP contribution in [0.3, 0.4) is 0 Å². The molecule has 82 valence electrons. The minimum absolute atomic E-state index is 0.0687. The topological polar surface area (TPSA) is 47.3 Å². The van der Waals surface area contributed by atoms with Gasteiger partial charge in [0.15, 0.2) is 0 Å². The van der Waals surface area contributed by atoms with Gasteiger partial charge in [0, 0.05) is 11.8 Å². The molecule has 1 aliphatic rings. The fourth-order valence-corrected chi connectivity index (χ4v) is 1.94. The van der Waals surface area contributed by atoms with Gasteiger partial charge in [-0.2, -0.15) is 0 Å². The number of fused-ring (bicyclic) bond motifs is 1. The number of hydrogen-bond acceptors (Lipinski definition) is 3. The van der Waals surface area contributed by atoms with Crippen molar-refractivity contribution in [2.24, 2.45) is 0 Å². The van der Waals surface area contributed by atoms with Crippen LogP contribution in [0.25, 0.3) is 0 Å². The van der Waals surface area contributed by atoms with Gasteiger partial charge in [0.25, 0.3) is 0 Å². The second-order valence-corrected chi connectivity index (χ2v) is 4.10. The molecule has 0 bridgehead atoms. The van der Waals surface area contributed by atoms with Crippen LogP contribution in [0.15, 0.2) is 18.2 Å². The van der Waals surface area contributed by atoms with Crippen LogP contribution in [0.5, 0.6) is 5.75 Å². The predicted octanol–water partition coefficient (Wildman–Crippen LogP) is 2.63. The zero-order chi connectivity index (χ0) is 10.9. The van der Waals surface area contributed by atoms with Crippen molar-refractivity contribution in [1.29, 1.82) is 0 Å². The summed E-state index contributed by atoms with van der Waals surface area (Å²) in [5.41, 5.74) is 7.47. The first-order chi connectivity index (χ1) is 7.19. The molecule has 1 aromatic rings. The van der Waals surface area contributed by atoms with Gasteiger partial charge in [-0.1, -0.05) is 13.8 Å². The van der Waals surface area contributed by atoms with Crippen molar-refractivity contribution < 1.29 is 4.74 Å². The van der Waals surface area contributed by atoms with E-state index >= 15 is 0 Å². The van der Waals surface area contributed by atoms with Crippen LogP contribution >= 0.6 is 0 Å². The molecule has 1 heterocycles. The van der Waals surface area contributed by atoms with Gasteiger partial charge in [0.2, 0.25) is 0 Å². The Morgan fingerprint density at radius 3 is 2.80 bits per heavy atom. The summed E-state index contributed by atoms with van der Waals surface area (Å²) in [7, 11) is 0. The second-order valence-electron chi connectivity index (χ2n) is 4.10.